The number of imidazole rings is 1. The number of nitrogen functional groups attached to an aromatic ring is 1. The molecule has 0 radical (unpaired) electrons. The van der Waals surface area contributed by atoms with Gasteiger partial charge in [0.05, 0.1) is 26.5 Å². The van der Waals surface area contributed by atoms with Crippen LogP contribution in [-0.2, 0) is 29.5 Å². The Kier molecular flexibility index (Phi) is 7.88. The first-order valence-corrected chi connectivity index (χ1v) is 12.3. The van der Waals surface area contributed by atoms with E-state index in [4.69, 9.17) is 34.2 Å². The van der Waals surface area contributed by atoms with Gasteiger partial charge in [-0.15, -0.1) is 5.10 Å². The minimum absolute atomic E-state index is 0.0475. The highest BCUT2D eigenvalue weighted by atomic mass is 16.9. The summed E-state index contributed by atoms with van der Waals surface area (Å²) < 4.78 is 38.4. The number of hydrogen-bond donors (Lipinski definition) is 1. The van der Waals surface area contributed by atoms with Crippen molar-refractivity contribution < 1.29 is 28.4 Å². The number of nitrogens with two attached hydrogens (primary N) is 1. The first kappa shape index (κ1) is 25.1. The molecule has 0 saturated carbocycles. The molecule has 0 amide bonds. The zero-order chi connectivity index (χ0) is 24.2. The van der Waals surface area contributed by atoms with Crippen LogP contribution in [0.15, 0.2) is 6.20 Å². The second kappa shape index (κ2) is 10.7. The fourth-order valence-corrected chi connectivity index (χ4v) is 4.30. The van der Waals surface area contributed by atoms with Gasteiger partial charge in [-0.3, -0.25) is 4.74 Å². The summed E-state index contributed by atoms with van der Waals surface area (Å²) in [5, 5.41) is 4.35. The van der Waals surface area contributed by atoms with E-state index in [9.17, 15) is 0 Å². The van der Waals surface area contributed by atoms with Gasteiger partial charge in [0.1, 0.15) is 17.9 Å². The summed E-state index contributed by atoms with van der Waals surface area (Å²) in [6.07, 6.45) is 6.65. The predicted octanol–water partition coefficient (Wildman–Crippen LogP) is 2.81. The lowest BCUT2D eigenvalue weighted by Gasteiger charge is -2.25. The number of unbranched alkanes of at least 4 members (excludes halogenated alkanes) is 3. The molecule has 4 atom stereocenters. The second-order valence-electron chi connectivity index (χ2n) is 8.68. The summed E-state index contributed by atoms with van der Waals surface area (Å²) in [4.78, 5) is 8.57. The van der Waals surface area contributed by atoms with Crippen molar-refractivity contribution >= 4 is 11.6 Å². The first-order chi connectivity index (χ1) is 16.6. The van der Waals surface area contributed by atoms with Gasteiger partial charge in [-0.25, -0.2) is 9.50 Å². The predicted molar refractivity (Wildman–Crippen MR) is 123 cm³/mol. The maximum atomic E-state index is 6.55. The van der Waals surface area contributed by atoms with E-state index in [0.29, 0.717) is 37.8 Å². The molecule has 34 heavy (non-hydrogen) atoms. The van der Waals surface area contributed by atoms with Crippen LogP contribution in [0.3, 0.4) is 0 Å². The Morgan fingerprint density at radius 3 is 2.56 bits per heavy atom. The van der Waals surface area contributed by atoms with Crippen molar-refractivity contribution in [2.75, 3.05) is 39.3 Å². The van der Waals surface area contributed by atoms with Crippen LogP contribution >= 0.6 is 0 Å². The van der Waals surface area contributed by atoms with Crippen molar-refractivity contribution in [3.05, 3.63) is 11.9 Å². The zero-order valence-corrected chi connectivity index (χ0v) is 20.6. The Morgan fingerprint density at radius 2 is 1.82 bits per heavy atom. The molecule has 2 fully saturated rings. The van der Waals surface area contributed by atoms with E-state index in [1.807, 2.05) is 0 Å². The number of hydrogen-bond acceptors (Lipinski definition) is 10. The number of epoxide rings is 1. The molecule has 0 aliphatic carbocycles. The van der Waals surface area contributed by atoms with E-state index >= 15 is 0 Å². The summed E-state index contributed by atoms with van der Waals surface area (Å²) in [7, 11) is 1.51. The molecule has 0 unspecified atom stereocenters. The van der Waals surface area contributed by atoms with E-state index < -0.39 is 17.7 Å². The van der Waals surface area contributed by atoms with Crippen LogP contribution in [0.4, 0.5) is 5.95 Å². The van der Waals surface area contributed by atoms with Crippen LogP contribution in [0, 0.1) is 0 Å². The van der Waals surface area contributed by atoms with Crippen molar-refractivity contribution in [2.45, 2.75) is 83.1 Å². The van der Waals surface area contributed by atoms with Crippen LogP contribution in [-0.4, -0.2) is 71.1 Å². The summed E-state index contributed by atoms with van der Waals surface area (Å²) in [5.41, 5.74) is 6.89. The topological polar surface area (TPSA) is 128 Å². The van der Waals surface area contributed by atoms with Gasteiger partial charge in [0, 0.05) is 13.2 Å². The highest BCUT2D eigenvalue weighted by molar-refractivity contribution is 5.52. The largest absolute Gasteiger partial charge is 0.478 e. The molecule has 0 aromatic carbocycles. The van der Waals surface area contributed by atoms with Gasteiger partial charge in [0.15, 0.2) is 0 Å². The quantitative estimate of drug-likeness (QED) is 0.301. The fraction of sp³-hybridized carbons (Fsp3) is 0.783. The summed E-state index contributed by atoms with van der Waals surface area (Å²) in [5.74, 6) is -2.06. The van der Waals surface area contributed by atoms with Gasteiger partial charge >= 0.3 is 0 Å². The number of rotatable bonds is 15. The van der Waals surface area contributed by atoms with Gasteiger partial charge in [-0.2, -0.15) is 4.98 Å². The summed E-state index contributed by atoms with van der Waals surface area (Å²) >= 11 is 0. The van der Waals surface area contributed by atoms with Crippen LogP contribution in [0.25, 0.3) is 5.65 Å². The molecule has 2 aromatic rings. The molecular weight excluding hydrogens is 442 g/mol. The minimum Gasteiger partial charge on any atom is -0.478 e. The molecule has 2 aliphatic heterocycles. The lowest BCUT2D eigenvalue weighted by atomic mass is 10.1. The maximum Gasteiger partial charge on any atom is 0.276 e. The SMILES string of the molecule is CCCCOC[C@H]1O[C@]2(c3cnc4c(OC)nc(N)nn34)O[C@@]2(OCCCC)[C@@H]1OCCCC. The van der Waals surface area contributed by atoms with E-state index in [1.165, 1.54) is 7.11 Å². The first-order valence-electron chi connectivity index (χ1n) is 12.3. The minimum atomic E-state index is -1.25. The number of fused-ring (bicyclic) bond motifs is 2. The third-order valence-corrected chi connectivity index (χ3v) is 6.15. The Morgan fingerprint density at radius 1 is 1.09 bits per heavy atom. The molecule has 2 saturated heterocycles. The summed E-state index contributed by atoms with van der Waals surface area (Å²) in [6.45, 7) is 8.49. The smallest absolute Gasteiger partial charge is 0.276 e. The van der Waals surface area contributed by atoms with Crippen LogP contribution in [0.1, 0.15) is 65.0 Å². The number of methoxy groups -OCH3 is 1. The van der Waals surface area contributed by atoms with Crippen molar-refractivity contribution in [1.29, 1.82) is 0 Å². The zero-order valence-electron chi connectivity index (χ0n) is 20.6. The van der Waals surface area contributed by atoms with Crippen molar-refractivity contribution in [1.82, 2.24) is 19.6 Å². The molecule has 2 aromatic heterocycles. The number of anilines is 1. The lowest BCUT2D eigenvalue weighted by molar-refractivity contribution is -0.193. The van der Waals surface area contributed by atoms with E-state index in [1.54, 1.807) is 10.7 Å². The second-order valence-corrected chi connectivity index (χ2v) is 8.68. The molecule has 11 heteroatoms. The highest BCUT2D eigenvalue weighted by Crippen LogP contribution is 2.66. The average molecular weight is 480 g/mol. The van der Waals surface area contributed by atoms with Gasteiger partial charge in [0.2, 0.25) is 11.6 Å². The Balaban J connectivity index is 1.70. The monoisotopic (exact) mass is 479 g/mol. The van der Waals surface area contributed by atoms with Gasteiger partial charge < -0.3 is 29.4 Å². The van der Waals surface area contributed by atoms with E-state index in [-0.39, 0.29) is 17.9 Å². The van der Waals surface area contributed by atoms with Gasteiger partial charge in [-0.05, 0) is 19.3 Å². The number of nitrogens with zero attached hydrogens (tertiary/aromatic N) is 4. The van der Waals surface area contributed by atoms with Gasteiger partial charge in [0.25, 0.3) is 17.5 Å². The molecule has 11 nitrogen and oxygen atoms in total. The molecule has 0 spiro atoms. The van der Waals surface area contributed by atoms with Crippen molar-refractivity contribution in [3.63, 3.8) is 0 Å². The van der Waals surface area contributed by atoms with Crippen molar-refractivity contribution in [2.24, 2.45) is 0 Å². The normalized spacial score (nSPS) is 27.9. The Labute approximate surface area is 200 Å². The van der Waals surface area contributed by atoms with Crippen LogP contribution < -0.4 is 10.5 Å². The Hall–Kier alpha value is -2.05. The molecule has 2 aliphatic rings. The summed E-state index contributed by atoms with van der Waals surface area (Å²) in [6, 6.07) is 0. The third kappa shape index (κ3) is 4.35. The fourth-order valence-electron chi connectivity index (χ4n) is 4.30. The molecular formula is C23H37N5O6. The van der Waals surface area contributed by atoms with Crippen molar-refractivity contribution in [3.8, 4) is 5.88 Å². The maximum absolute atomic E-state index is 6.55. The number of aromatic nitrogens is 4. The highest BCUT2D eigenvalue weighted by Gasteiger charge is 2.86. The average Bonchev–Trinajstić information content (AvgIpc) is 3.13. The standard InChI is InChI=1S/C23H37N5O6/c1-5-8-11-30-15-16-18(31-12-9-6-2)23(32-13-10-7-3)22(33-16,34-23)17-14-25-19-20(29-4)26-21(24)27-28(17)19/h14,16,18H,5-13,15H2,1-4H3,(H2,24,27)/t16-,18-,22-,23+/m1/s1. The van der Waals surface area contributed by atoms with Crippen LogP contribution in [0.2, 0.25) is 0 Å². The third-order valence-electron chi connectivity index (χ3n) is 6.15. The van der Waals surface area contributed by atoms with E-state index in [0.717, 1.165) is 38.5 Å². The van der Waals surface area contributed by atoms with Crippen LogP contribution in [0.5, 0.6) is 5.88 Å². The molecule has 0 bridgehead atoms. The molecule has 4 heterocycles. The van der Waals surface area contributed by atoms with Gasteiger partial charge in [-0.1, -0.05) is 40.0 Å². The molecule has 4 rings (SSSR count). The Bertz CT molecular complexity index is 957. The van der Waals surface area contributed by atoms with E-state index in [2.05, 4.69) is 35.8 Å². The molecule has 2 N–H and O–H groups in total. The number of ether oxygens (including phenoxy) is 6. The lowest BCUT2D eigenvalue weighted by Crippen LogP contribution is -2.43. The molecule has 190 valence electrons.